The summed E-state index contributed by atoms with van der Waals surface area (Å²) in [4.78, 5) is 81.1. The molecule has 2 aromatic heterocycles. The zero-order chi connectivity index (χ0) is 41.0. The Hall–Kier alpha value is -6.33. The molecule has 2 aromatic carbocycles. The van der Waals surface area contributed by atoms with Gasteiger partial charge in [-0.25, -0.2) is 19.4 Å². The third-order valence-electron chi connectivity index (χ3n) is 10.2. The van der Waals surface area contributed by atoms with Crippen molar-refractivity contribution in [2.45, 2.75) is 77.5 Å². The fourth-order valence-electron chi connectivity index (χ4n) is 7.14. The number of rotatable bonds is 14. The van der Waals surface area contributed by atoms with Gasteiger partial charge in [-0.1, -0.05) is 39.0 Å². The van der Waals surface area contributed by atoms with Crippen molar-refractivity contribution in [2.24, 2.45) is 11.7 Å². The van der Waals surface area contributed by atoms with Crippen molar-refractivity contribution in [1.29, 1.82) is 0 Å². The van der Waals surface area contributed by atoms with E-state index in [0.717, 1.165) is 5.56 Å². The van der Waals surface area contributed by atoms with E-state index in [9.17, 15) is 33.9 Å². The van der Waals surface area contributed by atoms with Crippen molar-refractivity contribution in [3.05, 3.63) is 87.2 Å². The maximum absolute atomic E-state index is 13.5. The minimum atomic E-state index is -1.93. The molecular formula is C40H46N8O9. The molecule has 0 aliphatic carbocycles. The molecule has 57 heavy (non-hydrogen) atoms. The van der Waals surface area contributed by atoms with Gasteiger partial charge in [0.2, 0.25) is 11.8 Å². The average molecular weight is 783 g/mol. The number of anilines is 2. The molecule has 6 rings (SSSR count). The fraction of sp³-hybridized carbons (Fsp3) is 0.375. The number of carbonyl (C=O) groups is 5. The van der Waals surface area contributed by atoms with Gasteiger partial charge in [-0.2, -0.15) is 0 Å². The van der Waals surface area contributed by atoms with Gasteiger partial charge < -0.3 is 46.1 Å². The lowest BCUT2D eigenvalue weighted by Crippen LogP contribution is -2.52. The number of ether oxygens (including phenoxy) is 2. The second-order valence-electron chi connectivity index (χ2n) is 14.4. The fourth-order valence-corrected chi connectivity index (χ4v) is 7.14. The smallest absolute Gasteiger partial charge is 0.411 e. The number of amides is 5. The van der Waals surface area contributed by atoms with Crippen LogP contribution >= 0.6 is 0 Å². The highest BCUT2D eigenvalue weighted by Crippen LogP contribution is 2.39. The van der Waals surface area contributed by atoms with Gasteiger partial charge in [0.05, 0.1) is 40.7 Å². The number of nitrogens with one attached hydrogen (secondary N) is 5. The minimum Gasteiger partial charge on any atom is -0.458 e. The number of carbonyl (C=O) groups excluding carboxylic acids is 5. The Labute approximate surface area is 327 Å². The van der Waals surface area contributed by atoms with Crippen molar-refractivity contribution in [2.75, 3.05) is 24.2 Å². The van der Waals surface area contributed by atoms with Crippen molar-refractivity contribution in [3.8, 4) is 11.4 Å². The van der Waals surface area contributed by atoms with Crippen LogP contribution in [0.25, 0.3) is 22.3 Å². The van der Waals surface area contributed by atoms with Gasteiger partial charge in [0.25, 0.3) is 5.56 Å². The number of cyclic esters (lactones) is 1. The number of hydrogen-bond acceptors (Lipinski definition) is 11. The Kier molecular flexibility index (Phi) is 11.9. The van der Waals surface area contributed by atoms with Crippen LogP contribution in [-0.2, 0) is 49.2 Å². The van der Waals surface area contributed by atoms with Crippen LogP contribution in [-0.4, -0.2) is 70.2 Å². The van der Waals surface area contributed by atoms with Crippen molar-refractivity contribution in [1.82, 2.24) is 25.5 Å². The molecule has 0 unspecified atom stereocenters. The van der Waals surface area contributed by atoms with Crippen LogP contribution in [0.4, 0.5) is 21.0 Å². The summed E-state index contributed by atoms with van der Waals surface area (Å²) in [5.41, 5.74) is 7.11. The first-order chi connectivity index (χ1) is 27.2. The zero-order valence-corrected chi connectivity index (χ0v) is 32.1. The summed E-state index contributed by atoms with van der Waals surface area (Å²) in [6, 6.07) is 13.3. The Morgan fingerprint density at radius 2 is 1.81 bits per heavy atom. The van der Waals surface area contributed by atoms with Gasteiger partial charge in [0.1, 0.15) is 19.3 Å². The number of aliphatic hydroxyl groups is 1. The molecule has 0 saturated carbocycles. The third-order valence-corrected chi connectivity index (χ3v) is 10.2. The van der Waals surface area contributed by atoms with E-state index in [-0.39, 0.29) is 67.7 Å². The lowest BCUT2D eigenvalue weighted by Gasteiger charge is -2.31. The summed E-state index contributed by atoms with van der Waals surface area (Å²) < 4.78 is 12.2. The highest BCUT2D eigenvalue weighted by atomic mass is 16.6. The van der Waals surface area contributed by atoms with Gasteiger partial charge in [-0.3, -0.25) is 19.7 Å². The number of primary amides is 1. The Balaban J connectivity index is 1.10. The second-order valence-corrected chi connectivity index (χ2v) is 14.4. The molecule has 0 fully saturated rings. The lowest BCUT2D eigenvalue weighted by atomic mass is 9.86. The van der Waals surface area contributed by atoms with E-state index in [1.165, 1.54) is 0 Å². The molecular weight excluding hydrogens is 736 g/mol. The molecule has 0 bridgehead atoms. The Morgan fingerprint density at radius 1 is 1.05 bits per heavy atom. The van der Waals surface area contributed by atoms with E-state index in [1.807, 2.05) is 19.9 Å². The minimum absolute atomic E-state index is 0.0213. The number of urea groups is 1. The molecule has 300 valence electrons. The highest BCUT2D eigenvalue weighted by molar-refractivity contribution is 6.00. The Bertz CT molecular complexity index is 2290. The van der Waals surface area contributed by atoms with E-state index in [0.29, 0.717) is 45.6 Å². The summed E-state index contributed by atoms with van der Waals surface area (Å²) in [5, 5.41) is 25.6. The van der Waals surface area contributed by atoms with E-state index in [1.54, 1.807) is 67.1 Å². The standard InChI is InChI=1S/C40H46N8O9/c1-5-40(55)27-17-31-33-23(18-48(31)36(51)26(27)20-56-37(40)52)16-25-28(45-33)8-6-9-29(25)47-39(54)57-19-22-11-13-24(14-12-22)44-34(49)30(10-7-15-43-38(41)53)46-35(50)32(42-4)21(2)3/h6,8-9,11-14,16-17,21,30,32,42,55H,5,7,10,15,18-20H2,1-4H3,(H,44,49)(H,46,50)(H,47,54)(H3,41,43,53)/t30-,32-,40-/m0/s1. The molecule has 2 aliphatic rings. The molecule has 0 radical (unpaired) electrons. The topological polar surface area (TPSA) is 245 Å². The van der Waals surface area contributed by atoms with Crippen molar-refractivity contribution in [3.63, 3.8) is 0 Å². The molecule has 2 aliphatic heterocycles. The first-order valence-corrected chi connectivity index (χ1v) is 18.7. The molecule has 4 aromatic rings. The van der Waals surface area contributed by atoms with Crippen LogP contribution in [0.1, 0.15) is 62.3 Å². The average Bonchev–Trinajstić information content (AvgIpc) is 3.54. The van der Waals surface area contributed by atoms with Crippen LogP contribution in [0, 0.1) is 5.92 Å². The number of aromatic nitrogens is 2. The number of hydrogen-bond donors (Lipinski definition) is 7. The largest absolute Gasteiger partial charge is 0.458 e. The molecule has 5 amide bonds. The van der Waals surface area contributed by atoms with E-state index in [2.05, 4.69) is 26.6 Å². The number of esters is 1. The molecule has 17 heteroatoms. The molecule has 0 saturated heterocycles. The molecule has 17 nitrogen and oxygen atoms in total. The summed E-state index contributed by atoms with van der Waals surface area (Å²) in [7, 11) is 1.67. The maximum atomic E-state index is 13.5. The quantitative estimate of drug-likeness (QED) is 0.0638. The SMILES string of the molecule is CC[C@@]1(O)C(=O)OCc2c1cc1n(c2=O)Cc2cc3c(NC(=O)OCc4ccc(NC(=O)[C@H](CCCNC(N)=O)NC(=O)[C@@H](NC)C(C)C)cc4)cccc3nc2-1. The lowest BCUT2D eigenvalue weighted by molar-refractivity contribution is -0.172. The maximum Gasteiger partial charge on any atom is 0.411 e. The molecule has 3 atom stereocenters. The predicted octanol–water partition coefficient (Wildman–Crippen LogP) is 2.94. The normalized spacial score (nSPS) is 16.4. The summed E-state index contributed by atoms with van der Waals surface area (Å²) >= 11 is 0. The van der Waals surface area contributed by atoms with Gasteiger partial charge in [-0.05, 0) is 74.2 Å². The van der Waals surface area contributed by atoms with E-state index < -0.39 is 41.7 Å². The van der Waals surface area contributed by atoms with Crippen LogP contribution in [0.2, 0.25) is 0 Å². The highest BCUT2D eigenvalue weighted by Gasteiger charge is 2.45. The first kappa shape index (κ1) is 40.3. The van der Waals surface area contributed by atoms with E-state index in [4.69, 9.17) is 20.2 Å². The first-order valence-electron chi connectivity index (χ1n) is 18.7. The molecule has 4 heterocycles. The number of pyridine rings is 2. The van der Waals surface area contributed by atoms with Crippen molar-refractivity contribution < 1.29 is 38.6 Å². The molecule has 0 spiro atoms. The summed E-state index contributed by atoms with van der Waals surface area (Å²) in [6.07, 6.45) is -0.0388. The van der Waals surface area contributed by atoms with Crippen LogP contribution in [0.15, 0.2) is 59.4 Å². The number of nitrogens with zero attached hydrogens (tertiary/aromatic N) is 2. The predicted molar refractivity (Wildman–Crippen MR) is 210 cm³/mol. The number of benzene rings is 2. The number of fused-ring (bicyclic) bond motifs is 5. The van der Waals surface area contributed by atoms with Crippen LogP contribution in [0.5, 0.6) is 0 Å². The number of likely N-dealkylation sites (N-methyl/N-ethyl adjacent to an activating group) is 1. The second kappa shape index (κ2) is 16.8. The number of nitrogens with two attached hydrogens (primary N) is 1. The van der Waals surface area contributed by atoms with Gasteiger partial charge in [0, 0.05) is 28.7 Å². The van der Waals surface area contributed by atoms with E-state index >= 15 is 0 Å². The summed E-state index contributed by atoms with van der Waals surface area (Å²) in [5.74, 6) is -1.58. The van der Waals surface area contributed by atoms with Gasteiger partial charge >= 0.3 is 18.1 Å². The van der Waals surface area contributed by atoms with Crippen LogP contribution < -0.4 is 37.9 Å². The van der Waals surface area contributed by atoms with Gasteiger partial charge in [-0.15, -0.1) is 0 Å². The Morgan fingerprint density at radius 3 is 2.49 bits per heavy atom. The zero-order valence-electron chi connectivity index (χ0n) is 32.1. The summed E-state index contributed by atoms with van der Waals surface area (Å²) in [6.45, 7) is 5.56. The monoisotopic (exact) mass is 782 g/mol. The van der Waals surface area contributed by atoms with Crippen molar-refractivity contribution >= 4 is 52.2 Å². The molecule has 8 N–H and O–H groups in total. The van der Waals surface area contributed by atoms with Gasteiger partial charge in [0.15, 0.2) is 5.60 Å². The van der Waals surface area contributed by atoms with Crippen LogP contribution in [0.3, 0.4) is 0 Å². The third kappa shape index (κ3) is 8.44.